The van der Waals surface area contributed by atoms with Crippen molar-refractivity contribution in [1.29, 1.82) is 0 Å². The number of hydrogen-bond donors (Lipinski definition) is 1. The van der Waals surface area contributed by atoms with Gasteiger partial charge in [0.25, 0.3) is 5.91 Å². The Morgan fingerprint density at radius 1 is 1.04 bits per heavy atom. The molecule has 1 fully saturated rings. The lowest BCUT2D eigenvalue weighted by molar-refractivity contribution is -0.138. The topological polar surface area (TPSA) is 100 Å². The van der Waals surface area contributed by atoms with Gasteiger partial charge in [0.15, 0.2) is 0 Å². The maximum Gasteiger partial charge on any atom is 0.417 e. The Kier molecular flexibility index (Phi) is 7.74. The molecule has 2 aliphatic heterocycles. The fourth-order valence-corrected chi connectivity index (χ4v) is 7.14. The number of nitrogens with one attached hydrogen (secondary N) is 1. The lowest BCUT2D eigenvalue weighted by Crippen LogP contribution is -2.56. The minimum Gasteiger partial charge on any atom is -0.334 e. The maximum atomic E-state index is 14.5. The van der Waals surface area contributed by atoms with Crippen LogP contribution in [0.1, 0.15) is 52.1 Å². The van der Waals surface area contributed by atoms with Crippen LogP contribution < -0.4 is 4.90 Å². The molecule has 5 aromatic rings. The van der Waals surface area contributed by atoms with Crippen LogP contribution in [0, 0.1) is 12.8 Å². The summed E-state index contributed by atoms with van der Waals surface area (Å²) < 4.78 is 42.7. The molecule has 0 radical (unpaired) electrons. The second kappa shape index (κ2) is 11.8. The molecule has 9 nitrogen and oxygen atoms in total. The van der Waals surface area contributed by atoms with Crippen LogP contribution in [0.15, 0.2) is 83.5 Å². The van der Waals surface area contributed by atoms with Crippen LogP contribution in [0.2, 0.25) is 0 Å². The summed E-state index contributed by atoms with van der Waals surface area (Å²) in [6.45, 7) is 3.80. The van der Waals surface area contributed by atoms with E-state index >= 15 is 0 Å². The fourth-order valence-electron chi connectivity index (χ4n) is 6.66. The number of aromatic amines is 1. The smallest absolute Gasteiger partial charge is 0.334 e. The van der Waals surface area contributed by atoms with Crippen molar-refractivity contribution < 1.29 is 22.8 Å². The van der Waals surface area contributed by atoms with Gasteiger partial charge in [-0.1, -0.05) is 58.4 Å². The zero-order valence-corrected chi connectivity index (χ0v) is 27.0. The van der Waals surface area contributed by atoms with Gasteiger partial charge in [0.05, 0.1) is 35.1 Å². The predicted octanol–water partition coefficient (Wildman–Crippen LogP) is 7.12. The lowest BCUT2D eigenvalue weighted by atomic mass is 9.84. The first-order chi connectivity index (χ1) is 22.5. The van der Waals surface area contributed by atoms with E-state index in [2.05, 4.69) is 31.3 Å². The van der Waals surface area contributed by atoms with E-state index in [0.717, 1.165) is 34.1 Å². The molecule has 47 heavy (non-hydrogen) atoms. The average Bonchev–Trinajstić information content (AvgIpc) is 3.67. The summed E-state index contributed by atoms with van der Waals surface area (Å²) in [5.74, 6) is -0.556. The third-order valence-electron chi connectivity index (χ3n) is 9.02. The molecule has 4 heterocycles. The van der Waals surface area contributed by atoms with Crippen molar-refractivity contribution in [3.8, 4) is 11.3 Å². The van der Waals surface area contributed by atoms with Gasteiger partial charge < -0.3 is 4.90 Å². The molecule has 240 valence electrons. The van der Waals surface area contributed by atoms with Crippen LogP contribution in [0.25, 0.3) is 11.3 Å². The molecule has 2 unspecified atom stereocenters. The van der Waals surface area contributed by atoms with Gasteiger partial charge in [-0.15, -0.1) is 0 Å². The predicted molar refractivity (Wildman–Crippen MR) is 172 cm³/mol. The zero-order chi connectivity index (χ0) is 33.0. The number of benzene rings is 3. The normalized spacial score (nSPS) is 19.4. The molecule has 2 amide bonds. The number of aromatic nitrogens is 5. The number of nitrogens with zero attached hydrogens (tertiary/aromatic N) is 6. The summed E-state index contributed by atoms with van der Waals surface area (Å²) in [5.41, 5.74) is 3.87. The summed E-state index contributed by atoms with van der Waals surface area (Å²) in [4.78, 5) is 31.5. The van der Waals surface area contributed by atoms with E-state index in [9.17, 15) is 22.8 Å². The summed E-state index contributed by atoms with van der Waals surface area (Å²) in [5, 5.41) is 15.8. The quantitative estimate of drug-likeness (QED) is 0.210. The van der Waals surface area contributed by atoms with Crippen LogP contribution in [0.3, 0.4) is 0 Å². The number of hydrogen-bond acceptors (Lipinski definition) is 5. The van der Waals surface area contributed by atoms with Crippen molar-refractivity contribution in [2.24, 2.45) is 5.92 Å². The van der Waals surface area contributed by atoms with Crippen molar-refractivity contribution in [2.45, 2.75) is 44.9 Å². The molecule has 2 aromatic heterocycles. The van der Waals surface area contributed by atoms with E-state index in [-0.39, 0.29) is 22.5 Å². The van der Waals surface area contributed by atoms with E-state index in [1.54, 1.807) is 16.0 Å². The first kappa shape index (κ1) is 30.9. The minimum atomic E-state index is -4.63. The van der Waals surface area contributed by atoms with Crippen LogP contribution >= 0.6 is 15.9 Å². The van der Waals surface area contributed by atoms with Crippen molar-refractivity contribution in [3.05, 3.63) is 111 Å². The van der Waals surface area contributed by atoms with Gasteiger partial charge in [0.1, 0.15) is 11.5 Å². The number of alkyl halides is 3. The van der Waals surface area contributed by atoms with E-state index in [1.165, 1.54) is 12.1 Å². The monoisotopic (exact) mass is 703 g/mol. The number of aryl methyl sites for hydroxylation is 1. The largest absolute Gasteiger partial charge is 0.417 e. The van der Waals surface area contributed by atoms with Crippen molar-refractivity contribution >= 4 is 39.2 Å². The van der Waals surface area contributed by atoms with Gasteiger partial charge in [-0.05, 0) is 56.2 Å². The van der Waals surface area contributed by atoms with Gasteiger partial charge in [-0.3, -0.25) is 14.5 Å². The van der Waals surface area contributed by atoms with E-state index < -0.39 is 35.6 Å². The van der Waals surface area contributed by atoms with E-state index in [4.69, 9.17) is 5.10 Å². The van der Waals surface area contributed by atoms with Crippen LogP contribution in [-0.2, 0) is 17.4 Å². The molecule has 7 rings (SSSR count). The second-order valence-electron chi connectivity index (χ2n) is 12.0. The number of anilines is 2. The maximum absolute atomic E-state index is 14.5. The van der Waals surface area contributed by atoms with Crippen molar-refractivity contribution in [2.75, 3.05) is 11.4 Å². The molecule has 1 N–H and O–H groups in total. The summed E-state index contributed by atoms with van der Waals surface area (Å²) in [6.07, 6.45) is -2.03. The number of piperidine rings is 1. The Labute approximate surface area is 276 Å². The van der Waals surface area contributed by atoms with Gasteiger partial charge >= 0.3 is 6.18 Å². The number of H-pyrrole nitrogens is 1. The average molecular weight is 705 g/mol. The van der Waals surface area contributed by atoms with Crippen LogP contribution in [-0.4, -0.2) is 54.5 Å². The summed E-state index contributed by atoms with van der Waals surface area (Å²) in [7, 11) is 0. The van der Waals surface area contributed by atoms with Gasteiger partial charge in [-0.2, -0.15) is 33.7 Å². The highest BCUT2D eigenvalue weighted by atomic mass is 79.9. The molecule has 2 aliphatic rings. The zero-order valence-electron chi connectivity index (χ0n) is 25.4. The molecular formula is C34H29BrF3N7O2. The highest BCUT2D eigenvalue weighted by Gasteiger charge is 2.48. The summed E-state index contributed by atoms with van der Waals surface area (Å²) >= 11 is 2.96. The minimum absolute atomic E-state index is 0.0671. The van der Waals surface area contributed by atoms with Gasteiger partial charge in [-0.25, -0.2) is 4.68 Å². The first-order valence-corrected chi connectivity index (χ1v) is 15.9. The molecule has 3 atom stereocenters. The van der Waals surface area contributed by atoms with E-state index in [0.29, 0.717) is 24.3 Å². The highest BCUT2D eigenvalue weighted by Crippen LogP contribution is 2.45. The van der Waals surface area contributed by atoms with E-state index in [1.807, 2.05) is 73.1 Å². The van der Waals surface area contributed by atoms with Gasteiger partial charge in [0, 0.05) is 40.2 Å². The highest BCUT2D eigenvalue weighted by molar-refractivity contribution is 9.10. The molecule has 0 aliphatic carbocycles. The molecule has 1 saturated heterocycles. The Morgan fingerprint density at radius 3 is 2.47 bits per heavy atom. The number of fused-ring (bicyclic) bond motifs is 3. The molecular weight excluding hydrogens is 675 g/mol. The third-order valence-corrected chi connectivity index (χ3v) is 9.71. The number of carbonyl (C=O) groups excluding carboxylic acids is 2. The number of amides is 2. The van der Waals surface area contributed by atoms with Gasteiger partial charge in [0.2, 0.25) is 5.91 Å². The Hall–Kier alpha value is -4.78. The number of carbonyl (C=O) groups is 2. The Bertz CT molecular complexity index is 1970. The number of likely N-dealkylation sites (tertiary alicyclic amines) is 1. The molecule has 3 aromatic carbocycles. The summed E-state index contributed by atoms with van der Waals surface area (Å²) in [6, 6.07) is 20.0. The molecule has 0 bridgehead atoms. The number of rotatable bonds is 5. The van der Waals surface area contributed by atoms with Crippen molar-refractivity contribution in [3.63, 3.8) is 0 Å². The second-order valence-corrected chi connectivity index (χ2v) is 12.8. The van der Waals surface area contributed by atoms with Crippen molar-refractivity contribution in [1.82, 2.24) is 30.1 Å². The SMILES string of the molecule is Cc1n[nH]nc1-c1ccc(N2C(=O)C3C[C@@H](C)N(C(=O)c4ccc(Br)c(C(F)(F)F)c4)CC3n3ncc(Cc4ccccc4)c32)cc1. The first-order valence-electron chi connectivity index (χ1n) is 15.1. The van der Waals surface area contributed by atoms with Crippen LogP contribution in [0.4, 0.5) is 24.7 Å². The Balaban J connectivity index is 1.27. The fraction of sp³-hybridized carbons (Fsp3) is 0.265. The number of halogens is 4. The molecule has 0 spiro atoms. The Morgan fingerprint density at radius 2 is 1.79 bits per heavy atom. The molecule has 0 saturated carbocycles. The molecule has 13 heteroatoms. The lowest BCUT2D eigenvalue weighted by Gasteiger charge is -2.47. The third kappa shape index (κ3) is 5.52. The standard InChI is InChI=1S/C34H29BrF3N7O2/c1-19-14-26-29(18-43(19)32(46)23-10-13-28(35)27(16-23)34(36,37)38)45-31(24(17-39-45)15-21-6-4-3-5-7-21)44(33(26)47)25-11-8-22(9-12-25)30-20(2)40-42-41-30/h3-13,16-17,19,26,29H,14-15,18H2,1-2H3,(H,40,41,42)/t19-,26?,29?/m1/s1. The van der Waals surface area contributed by atoms with Crippen LogP contribution in [0.5, 0.6) is 0 Å².